The highest BCUT2D eigenvalue weighted by atomic mass is 127. The minimum Gasteiger partial charge on any atom is -0.490 e. The predicted octanol–water partition coefficient (Wildman–Crippen LogP) is 8.81. The molecular weight excluding hydrogens is 645 g/mol. The lowest BCUT2D eigenvalue weighted by Crippen LogP contribution is -2.27. The summed E-state index contributed by atoms with van der Waals surface area (Å²) in [7, 11) is 0. The van der Waals surface area contributed by atoms with E-state index in [-0.39, 0.29) is 17.7 Å². The summed E-state index contributed by atoms with van der Waals surface area (Å²) in [5, 5.41) is 4.15. The first-order valence-electron chi connectivity index (χ1n) is 13.3. The monoisotopic (exact) mass is 671 g/mol. The number of carbonyl (C=O) groups is 2. The highest BCUT2D eigenvalue weighted by Gasteiger charge is 2.35. The van der Waals surface area contributed by atoms with E-state index in [1.165, 1.54) is 4.90 Å². The van der Waals surface area contributed by atoms with Gasteiger partial charge in [-0.2, -0.15) is 0 Å². The maximum absolute atomic E-state index is 13.3. The molecule has 0 aromatic heterocycles. The van der Waals surface area contributed by atoms with Crippen LogP contribution in [0.2, 0.25) is 0 Å². The molecule has 2 amide bonds. The number of imide groups is 1. The number of ether oxygens (including phenoxy) is 2. The highest BCUT2D eigenvalue weighted by Crippen LogP contribution is 2.39. The fourth-order valence-corrected chi connectivity index (χ4v) is 6.65. The van der Waals surface area contributed by atoms with Crippen molar-refractivity contribution in [1.82, 2.24) is 4.90 Å². The van der Waals surface area contributed by atoms with E-state index >= 15 is 0 Å². The van der Waals surface area contributed by atoms with Gasteiger partial charge in [-0.1, -0.05) is 84.9 Å². The lowest BCUT2D eigenvalue weighted by molar-refractivity contribution is -0.123. The van der Waals surface area contributed by atoms with Crippen LogP contribution >= 0.6 is 34.4 Å². The molecule has 5 aromatic carbocycles. The molecule has 6 rings (SSSR count). The topological polar surface area (TPSA) is 55.8 Å². The predicted molar refractivity (Wildman–Crippen MR) is 174 cm³/mol. The number of nitrogens with zero attached hydrogens (tertiary/aromatic N) is 1. The van der Waals surface area contributed by atoms with Crippen molar-refractivity contribution in [3.63, 3.8) is 0 Å². The van der Waals surface area contributed by atoms with Gasteiger partial charge in [-0.05, 0) is 97.7 Å². The van der Waals surface area contributed by atoms with Crippen LogP contribution in [-0.2, 0) is 17.9 Å². The van der Waals surface area contributed by atoms with Crippen LogP contribution in [0.1, 0.15) is 23.6 Å². The Morgan fingerprint density at radius 2 is 1.44 bits per heavy atom. The number of hydrogen-bond donors (Lipinski definition) is 0. The average molecular weight is 672 g/mol. The molecule has 0 aliphatic carbocycles. The number of hydrogen-bond acceptors (Lipinski definition) is 5. The Bertz CT molecular complexity index is 1820. The van der Waals surface area contributed by atoms with Crippen LogP contribution in [0.15, 0.2) is 102 Å². The number of amides is 2. The summed E-state index contributed by atoms with van der Waals surface area (Å²) in [6, 6.07) is 32.2. The molecule has 0 saturated carbocycles. The Kier molecular flexibility index (Phi) is 7.98. The van der Waals surface area contributed by atoms with Gasteiger partial charge in [0, 0.05) is 0 Å². The molecule has 1 heterocycles. The summed E-state index contributed by atoms with van der Waals surface area (Å²) >= 11 is 3.19. The van der Waals surface area contributed by atoms with E-state index in [2.05, 4.69) is 46.9 Å². The molecule has 5 aromatic rings. The van der Waals surface area contributed by atoms with Crippen LogP contribution in [-0.4, -0.2) is 22.7 Å². The quantitative estimate of drug-likeness (QED) is 0.122. The molecule has 1 aliphatic rings. The van der Waals surface area contributed by atoms with Gasteiger partial charge in [0.05, 0.1) is 21.6 Å². The van der Waals surface area contributed by atoms with Crippen LogP contribution < -0.4 is 9.47 Å². The van der Waals surface area contributed by atoms with E-state index in [0.717, 1.165) is 53.6 Å². The summed E-state index contributed by atoms with van der Waals surface area (Å²) in [5.41, 5.74) is 2.80. The smallest absolute Gasteiger partial charge is 0.293 e. The number of fused-ring (bicyclic) bond motifs is 2. The summed E-state index contributed by atoms with van der Waals surface area (Å²) < 4.78 is 13.1. The number of benzene rings is 5. The van der Waals surface area contributed by atoms with Gasteiger partial charge in [0.1, 0.15) is 6.61 Å². The fraction of sp³-hybridized carbons (Fsp3) is 0.118. The molecule has 1 aliphatic heterocycles. The Labute approximate surface area is 256 Å². The van der Waals surface area contributed by atoms with Crippen LogP contribution in [0.4, 0.5) is 4.79 Å². The molecule has 0 N–H and O–H groups in total. The summed E-state index contributed by atoms with van der Waals surface area (Å²) in [6.07, 6.45) is 1.76. The first-order chi connectivity index (χ1) is 20.0. The van der Waals surface area contributed by atoms with E-state index in [4.69, 9.17) is 9.47 Å². The SMILES string of the molecule is CCOc1cc(/C=C2\SC(=O)N(Cc3cccc4ccccc34)C2=O)cc(I)c1OCc1cccc2ccccc12. The third-order valence-corrected chi connectivity index (χ3v) is 8.67. The lowest BCUT2D eigenvalue weighted by Gasteiger charge is -2.16. The zero-order chi connectivity index (χ0) is 28.3. The van der Waals surface area contributed by atoms with Gasteiger partial charge < -0.3 is 9.47 Å². The van der Waals surface area contributed by atoms with Crippen molar-refractivity contribution in [1.29, 1.82) is 0 Å². The van der Waals surface area contributed by atoms with E-state index in [1.54, 1.807) is 6.08 Å². The van der Waals surface area contributed by atoms with E-state index in [9.17, 15) is 9.59 Å². The van der Waals surface area contributed by atoms with Gasteiger partial charge >= 0.3 is 0 Å². The average Bonchev–Trinajstić information content (AvgIpc) is 3.24. The molecule has 204 valence electrons. The van der Waals surface area contributed by atoms with Crippen LogP contribution in [0.3, 0.4) is 0 Å². The third kappa shape index (κ3) is 5.69. The van der Waals surface area contributed by atoms with Gasteiger partial charge in [0.25, 0.3) is 11.1 Å². The van der Waals surface area contributed by atoms with E-state index in [0.29, 0.717) is 29.6 Å². The summed E-state index contributed by atoms with van der Waals surface area (Å²) in [4.78, 5) is 28.0. The van der Waals surface area contributed by atoms with Crippen LogP contribution in [0.5, 0.6) is 11.5 Å². The number of halogens is 1. The molecule has 0 atom stereocenters. The van der Waals surface area contributed by atoms with Crippen molar-refractivity contribution in [2.45, 2.75) is 20.1 Å². The van der Waals surface area contributed by atoms with Gasteiger partial charge in [-0.15, -0.1) is 0 Å². The number of carbonyl (C=O) groups excluding carboxylic acids is 2. The summed E-state index contributed by atoms with van der Waals surface area (Å²) in [5.74, 6) is 0.958. The standard InChI is InChI=1S/C34H26INO4S/c1-2-39-30-18-22(17-29(35)32(30)40-21-26-14-8-12-24-10-4-6-16-28(24)26)19-31-33(37)36(34(38)41-31)20-25-13-7-11-23-9-3-5-15-27(23)25/h3-19H,2,20-21H2,1H3/b31-19-. The second-order valence-corrected chi connectivity index (χ2v) is 11.8. The number of thioether (sulfide) groups is 1. The van der Waals surface area contributed by atoms with Crippen molar-refractivity contribution < 1.29 is 19.1 Å². The van der Waals surface area contributed by atoms with Crippen molar-refractivity contribution in [3.8, 4) is 11.5 Å². The molecule has 5 nitrogen and oxygen atoms in total. The normalized spacial score (nSPS) is 14.4. The van der Waals surface area contributed by atoms with Gasteiger partial charge in [-0.25, -0.2) is 0 Å². The maximum Gasteiger partial charge on any atom is 0.293 e. The fourth-order valence-electron chi connectivity index (χ4n) is 5.03. The zero-order valence-electron chi connectivity index (χ0n) is 22.3. The second kappa shape index (κ2) is 12.0. The molecule has 7 heteroatoms. The minimum absolute atomic E-state index is 0.228. The van der Waals surface area contributed by atoms with Crippen LogP contribution in [0.25, 0.3) is 27.6 Å². The first-order valence-corrected chi connectivity index (χ1v) is 15.2. The number of rotatable bonds is 8. The molecule has 1 saturated heterocycles. The minimum atomic E-state index is -0.294. The van der Waals surface area contributed by atoms with Gasteiger partial charge in [0.2, 0.25) is 0 Å². The molecule has 0 spiro atoms. The Morgan fingerprint density at radius 3 is 2.15 bits per heavy atom. The second-order valence-electron chi connectivity index (χ2n) is 9.60. The van der Waals surface area contributed by atoms with E-state index in [1.807, 2.05) is 79.7 Å². The third-order valence-electron chi connectivity index (χ3n) is 6.96. The van der Waals surface area contributed by atoms with Crippen molar-refractivity contribution in [2.75, 3.05) is 6.61 Å². The highest BCUT2D eigenvalue weighted by molar-refractivity contribution is 14.1. The molecule has 41 heavy (non-hydrogen) atoms. The van der Waals surface area contributed by atoms with Crippen molar-refractivity contribution in [3.05, 3.63) is 122 Å². The van der Waals surface area contributed by atoms with Crippen molar-refractivity contribution >= 4 is 73.1 Å². The lowest BCUT2D eigenvalue weighted by atomic mass is 10.0. The van der Waals surface area contributed by atoms with Gasteiger partial charge in [0.15, 0.2) is 11.5 Å². The van der Waals surface area contributed by atoms with Crippen LogP contribution in [0, 0.1) is 3.57 Å². The maximum atomic E-state index is 13.3. The van der Waals surface area contributed by atoms with E-state index < -0.39 is 0 Å². The molecule has 0 radical (unpaired) electrons. The largest absolute Gasteiger partial charge is 0.490 e. The van der Waals surface area contributed by atoms with Gasteiger partial charge in [-0.3, -0.25) is 14.5 Å². The Hall–Kier alpha value is -3.82. The zero-order valence-corrected chi connectivity index (χ0v) is 25.3. The Balaban J connectivity index is 1.25. The molecule has 0 bridgehead atoms. The molecule has 0 unspecified atom stereocenters. The molecular formula is C34H26INO4S. The Morgan fingerprint density at radius 1 is 0.805 bits per heavy atom. The molecule has 1 fully saturated rings. The summed E-state index contributed by atoms with van der Waals surface area (Å²) in [6.45, 7) is 3.01. The first kappa shape index (κ1) is 27.4. The van der Waals surface area contributed by atoms with Crippen molar-refractivity contribution in [2.24, 2.45) is 0 Å².